The van der Waals surface area contributed by atoms with Gasteiger partial charge in [0.05, 0.1) is 11.3 Å². The minimum Gasteiger partial charge on any atom is -0.505 e. The molecule has 2 aromatic carbocycles. The molecule has 0 bridgehead atoms. The van der Waals surface area contributed by atoms with E-state index in [9.17, 15) is 19.5 Å². The first-order valence-corrected chi connectivity index (χ1v) is 7.96. The van der Waals surface area contributed by atoms with Gasteiger partial charge in [-0.05, 0) is 25.0 Å². The Morgan fingerprint density at radius 2 is 1.96 bits per heavy atom. The van der Waals surface area contributed by atoms with Crippen LogP contribution in [0.2, 0.25) is 0 Å². The predicted molar refractivity (Wildman–Crippen MR) is 98.6 cm³/mol. The highest BCUT2D eigenvalue weighted by Gasteiger charge is 2.24. The molecule has 0 saturated carbocycles. The minimum absolute atomic E-state index is 0.0212. The number of anilines is 3. The number of hydrogen-bond donors (Lipinski definition) is 4. The molecule has 0 aliphatic carbocycles. The maximum absolute atomic E-state index is 11.9. The van der Waals surface area contributed by atoms with Gasteiger partial charge in [0.25, 0.3) is 16.8 Å². The zero-order valence-corrected chi connectivity index (χ0v) is 14.2. The summed E-state index contributed by atoms with van der Waals surface area (Å²) in [6, 6.07) is 4.52. The van der Waals surface area contributed by atoms with Crippen molar-refractivity contribution < 1.29 is 9.90 Å². The van der Waals surface area contributed by atoms with Gasteiger partial charge in [-0.3, -0.25) is 14.4 Å². The van der Waals surface area contributed by atoms with Crippen molar-refractivity contribution in [3.63, 3.8) is 0 Å². The Balaban J connectivity index is 2.32. The van der Waals surface area contributed by atoms with E-state index in [0.29, 0.717) is 6.42 Å². The standard InChI is InChI=1S/C18H21N3O4/c1-4-7-10(5-2)20-13-14(17(24)16(13)23)21-12-9-6-8-11(15(12)22)18(25)19-3/h4,6,8-10,20-22H,1,5,7H2,2-3H3,(H,19,25). The molecule has 1 unspecified atom stereocenters. The number of hydrogen-bond acceptors (Lipinski definition) is 6. The second kappa shape index (κ2) is 7.65. The molecule has 0 aliphatic heterocycles. The Labute approximate surface area is 145 Å². The van der Waals surface area contributed by atoms with Crippen molar-refractivity contribution in [2.75, 3.05) is 17.7 Å². The SMILES string of the molecule is C=CCC(CC)Nc1c(Nc2cccc(C(=O)NC)c2O)c(=O)c1=O. The largest absolute Gasteiger partial charge is 0.505 e. The lowest BCUT2D eigenvalue weighted by Crippen LogP contribution is -2.38. The van der Waals surface area contributed by atoms with Crippen molar-refractivity contribution in [3.05, 3.63) is 56.9 Å². The summed E-state index contributed by atoms with van der Waals surface area (Å²) in [6.45, 7) is 5.63. The van der Waals surface area contributed by atoms with Crippen molar-refractivity contribution in [1.82, 2.24) is 5.32 Å². The van der Waals surface area contributed by atoms with E-state index in [1.54, 1.807) is 12.1 Å². The summed E-state index contributed by atoms with van der Waals surface area (Å²) in [5.41, 5.74) is -0.764. The van der Waals surface area contributed by atoms with Crippen molar-refractivity contribution >= 4 is 23.0 Å². The molecule has 0 radical (unpaired) electrons. The molecule has 1 amide bonds. The van der Waals surface area contributed by atoms with Gasteiger partial charge in [-0.25, -0.2) is 0 Å². The number of nitrogens with one attached hydrogen (secondary N) is 3. The van der Waals surface area contributed by atoms with Crippen LogP contribution in [0.5, 0.6) is 5.75 Å². The van der Waals surface area contributed by atoms with Gasteiger partial charge in [-0.2, -0.15) is 0 Å². The second-order valence-electron chi connectivity index (χ2n) is 5.59. The van der Waals surface area contributed by atoms with Crippen LogP contribution in [0.1, 0.15) is 30.1 Å². The van der Waals surface area contributed by atoms with Crippen LogP contribution < -0.4 is 26.8 Å². The fourth-order valence-corrected chi connectivity index (χ4v) is 2.48. The van der Waals surface area contributed by atoms with Crippen molar-refractivity contribution in [2.45, 2.75) is 25.8 Å². The first-order valence-electron chi connectivity index (χ1n) is 7.96. The number of benzene rings is 1. The Hall–Kier alpha value is -3.09. The van der Waals surface area contributed by atoms with Gasteiger partial charge in [0.2, 0.25) is 0 Å². The van der Waals surface area contributed by atoms with E-state index in [0.717, 1.165) is 6.42 Å². The van der Waals surface area contributed by atoms with Gasteiger partial charge < -0.3 is 21.1 Å². The lowest BCUT2D eigenvalue weighted by atomic mass is 10.1. The first-order chi connectivity index (χ1) is 11.9. The number of phenolic OH excluding ortho intramolecular Hbond substituents is 1. The van der Waals surface area contributed by atoms with E-state index in [-0.39, 0.29) is 34.4 Å². The van der Waals surface area contributed by atoms with Crippen LogP contribution in [0, 0.1) is 0 Å². The highest BCUT2D eigenvalue weighted by atomic mass is 16.3. The molecule has 0 spiro atoms. The average molecular weight is 343 g/mol. The quantitative estimate of drug-likeness (QED) is 0.331. The van der Waals surface area contributed by atoms with Crippen LogP contribution in [0.4, 0.5) is 17.1 Å². The van der Waals surface area contributed by atoms with Gasteiger partial charge >= 0.3 is 0 Å². The maximum Gasteiger partial charge on any atom is 0.254 e. The third-order valence-electron chi connectivity index (χ3n) is 3.97. The third kappa shape index (κ3) is 3.55. The average Bonchev–Trinajstić information content (AvgIpc) is 2.63. The highest BCUT2D eigenvalue weighted by molar-refractivity contribution is 5.99. The molecule has 0 aliphatic rings. The summed E-state index contributed by atoms with van der Waals surface area (Å²) in [5, 5.41) is 18.5. The Kier molecular flexibility index (Phi) is 5.59. The molecule has 1 atom stereocenters. The predicted octanol–water partition coefficient (Wildman–Crippen LogP) is 1.86. The molecule has 132 valence electrons. The molecule has 0 saturated heterocycles. The summed E-state index contributed by atoms with van der Waals surface area (Å²) in [6.07, 6.45) is 3.13. The summed E-state index contributed by atoms with van der Waals surface area (Å²) >= 11 is 0. The lowest BCUT2D eigenvalue weighted by Gasteiger charge is -2.21. The number of para-hydroxylation sites is 1. The molecule has 2 rings (SSSR count). The minimum atomic E-state index is -0.666. The molecule has 2 aromatic rings. The Morgan fingerprint density at radius 3 is 2.56 bits per heavy atom. The van der Waals surface area contributed by atoms with E-state index in [1.807, 2.05) is 6.92 Å². The van der Waals surface area contributed by atoms with Crippen LogP contribution in [0.15, 0.2) is 40.4 Å². The van der Waals surface area contributed by atoms with Gasteiger partial charge in [0.1, 0.15) is 11.4 Å². The van der Waals surface area contributed by atoms with E-state index in [2.05, 4.69) is 22.5 Å². The Bertz CT molecular complexity index is 866. The maximum atomic E-state index is 11.9. The highest BCUT2D eigenvalue weighted by Crippen LogP contribution is 2.31. The van der Waals surface area contributed by atoms with E-state index >= 15 is 0 Å². The van der Waals surface area contributed by atoms with Gasteiger partial charge in [-0.15, -0.1) is 6.58 Å². The van der Waals surface area contributed by atoms with Crippen LogP contribution in [0.3, 0.4) is 0 Å². The molecular weight excluding hydrogens is 322 g/mol. The van der Waals surface area contributed by atoms with Gasteiger partial charge in [-0.1, -0.05) is 19.1 Å². The molecule has 4 N–H and O–H groups in total. The monoisotopic (exact) mass is 343 g/mol. The topological polar surface area (TPSA) is 108 Å². The number of carbonyl (C=O) groups is 1. The lowest BCUT2D eigenvalue weighted by molar-refractivity contribution is 0.0960. The number of phenols is 1. The van der Waals surface area contributed by atoms with Gasteiger partial charge in [0, 0.05) is 13.1 Å². The van der Waals surface area contributed by atoms with E-state index in [4.69, 9.17) is 0 Å². The number of carbonyl (C=O) groups excluding carboxylic acids is 1. The van der Waals surface area contributed by atoms with Crippen molar-refractivity contribution in [1.29, 1.82) is 0 Å². The normalized spacial score (nSPS) is 11.8. The second-order valence-corrected chi connectivity index (χ2v) is 5.59. The van der Waals surface area contributed by atoms with Crippen LogP contribution in [-0.2, 0) is 0 Å². The summed E-state index contributed by atoms with van der Waals surface area (Å²) in [4.78, 5) is 35.5. The van der Waals surface area contributed by atoms with Crippen LogP contribution >= 0.6 is 0 Å². The summed E-state index contributed by atoms with van der Waals surface area (Å²) < 4.78 is 0. The van der Waals surface area contributed by atoms with Crippen LogP contribution in [0.25, 0.3) is 0 Å². The molecule has 7 heteroatoms. The summed E-state index contributed by atoms with van der Waals surface area (Å²) in [7, 11) is 1.45. The van der Waals surface area contributed by atoms with E-state index < -0.39 is 16.8 Å². The molecular formula is C18H21N3O4. The zero-order chi connectivity index (χ0) is 18.6. The molecule has 0 fully saturated rings. The zero-order valence-electron chi connectivity index (χ0n) is 14.2. The number of amides is 1. The number of rotatable bonds is 8. The van der Waals surface area contributed by atoms with Crippen LogP contribution in [-0.4, -0.2) is 24.1 Å². The first kappa shape index (κ1) is 18.3. The molecule has 25 heavy (non-hydrogen) atoms. The molecule has 7 nitrogen and oxygen atoms in total. The molecule has 0 heterocycles. The van der Waals surface area contributed by atoms with Gasteiger partial charge in [0.15, 0.2) is 5.75 Å². The fraction of sp³-hybridized carbons (Fsp3) is 0.278. The third-order valence-corrected chi connectivity index (χ3v) is 3.97. The summed E-state index contributed by atoms with van der Waals surface area (Å²) in [5.74, 6) is -0.750. The fourth-order valence-electron chi connectivity index (χ4n) is 2.48. The van der Waals surface area contributed by atoms with Crippen molar-refractivity contribution in [3.8, 4) is 5.75 Å². The van der Waals surface area contributed by atoms with Crippen molar-refractivity contribution in [2.24, 2.45) is 0 Å². The smallest absolute Gasteiger partial charge is 0.254 e. The Morgan fingerprint density at radius 1 is 1.28 bits per heavy atom. The number of aromatic hydroxyl groups is 1. The molecule has 0 aromatic heterocycles. The van der Waals surface area contributed by atoms with E-state index in [1.165, 1.54) is 19.2 Å².